The molecule has 2 aromatic heterocycles. The Labute approximate surface area is 167 Å². The molecular weight excluding hydrogens is 362 g/mol. The molecule has 6 heteroatoms. The number of aromatic nitrogens is 4. The van der Waals surface area contributed by atoms with Gasteiger partial charge >= 0.3 is 5.69 Å². The summed E-state index contributed by atoms with van der Waals surface area (Å²) < 4.78 is 1.55. The summed E-state index contributed by atoms with van der Waals surface area (Å²) in [4.78, 5) is 16.9. The molecule has 29 heavy (non-hydrogen) atoms. The first-order valence-electron chi connectivity index (χ1n) is 9.70. The summed E-state index contributed by atoms with van der Waals surface area (Å²) in [5.41, 5.74) is 6.22. The summed E-state index contributed by atoms with van der Waals surface area (Å²) in [5.74, 6) is 1.13. The van der Waals surface area contributed by atoms with Gasteiger partial charge in [-0.05, 0) is 42.5 Å². The van der Waals surface area contributed by atoms with Crippen LogP contribution in [0.15, 0.2) is 53.3 Å². The number of benzene rings is 2. The van der Waals surface area contributed by atoms with E-state index in [1.165, 1.54) is 0 Å². The van der Waals surface area contributed by atoms with Crippen molar-refractivity contribution in [2.24, 2.45) is 0 Å². The highest BCUT2D eigenvalue weighted by molar-refractivity contribution is 5.70. The van der Waals surface area contributed by atoms with Crippen molar-refractivity contribution >= 4 is 5.65 Å². The van der Waals surface area contributed by atoms with E-state index in [1.807, 2.05) is 43.3 Å². The van der Waals surface area contributed by atoms with Gasteiger partial charge in [0, 0.05) is 17.9 Å². The Morgan fingerprint density at radius 3 is 2.66 bits per heavy atom. The average Bonchev–Trinajstić information content (AvgIpc) is 3.52. The van der Waals surface area contributed by atoms with E-state index < -0.39 is 0 Å². The van der Waals surface area contributed by atoms with Crippen LogP contribution in [0, 0.1) is 18.3 Å². The molecule has 0 atom stereocenters. The molecule has 1 N–H and O–H groups in total. The van der Waals surface area contributed by atoms with Gasteiger partial charge in [0.15, 0.2) is 5.65 Å². The molecule has 5 rings (SSSR count). The third-order valence-corrected chi connectivity index (χ3v) is 5.51. The minimum atomic E-state index is -0.253. The predicted octanol–water partition coefficient (Wildman–Crippen LogP) is 3.73. The standard InChI is InChI=1S/C23H19N5O/c1-14-25-21(17-10-11-17)20(22-26-27-23(29)28(14)22)12-15-6-8-16(9-7-15)19-5-3-2-4-18(19)13-24/h2-9,17H,10-12H2,1H3,(H,27,29). The molecule has 1 aliphatic rings. The van der Waals surface area contributed by atoms with E-state index in [2.05, 4.69) is 28.4 Å². The fourth-order valence-corrected chi connectivity index (χ4v) is 3.91. The van der Waals surface area contributed by atoms with Crippen LogP contribution in [0.3, 0.4) is 0 Å². The number of hydrogen-bond donors (Lipinski definition) is 1. The highest BCUT2D eigenvalue weighted by Gasteiger charge is 2.30. The second kappa shape index (κ2) is 6.71. The number of H-pyrrole nitrogens is 1. The molecule has 0 aliphatic heterocycles. The topological polar surface area (TPSA) is 86.8 Å². The van der Waals surface area contributed by atoms with Crippen LogP contribution in [0.25, 0.3) is 16.8 Å². The first kappa shape index (κ1) is 17.4. The molecule has 6 nitrogen and oxygen atoms in total. The SMILES string of the molecule is Cc1nc(C2CC2)c(Cc2ccc(-c3ccccc3C#N)cc2)c2n[nH]c(=O)n12. The van der Waals surface area contributed by atoms with Gasteiger partial charge in [0.2, 0.25) is 0 Å². The number of nitrogens with one attached hydrogen (secondary N) is 1. The maximum atomic E-state index is 12.1. The molecule has 142 valence electrons. The molecule has 1 aliphatic carbocycles. The second-order valence-electron chi connectivity index (χ2n) is 7.52. The lowest BCUT2D eigenvalue weighted by Crippen LogP contribution is -2.16. The summed E-state index contributed by atoms with van der Waals surface area (Å²) in [5, 5.41) is 16.2. The maximum absolute atomic E-state index is 12.1. The molecule has 0 radical (unpaired) electrons. The molecule has 0 saturated heterocycles. The van der Waals surface area contributed by atoms with Gasteiger partial charge in [-0.15, -0.1) is 0 Å². The number of aromatic amines is 1. The van der Waals surface area contributed by atoms with Crippen molar-refractivity contribution in [3.63, 3.8) is 0 Å². The van der Waals surface area contributed by atoms with Gasteiger partial charge in [0.05, 0.1) is 17.3 Å². The molecular formula is C23H19N5O. The fourth-order valence-electron chi connectivity index (χ4n) is 3.91. The van der Waals surface area contributed by atoms with Crippen LogP contribution in [0.5, 0.6) is 0 Å². The summed E-state index contributed by atoms with van der Waals surface area (Å²) in [6.07, 6.45) is 2.93. The van der Waals surface area contributed by atoms with E-state index in [0.29, 0.717) is 29.4 Å². The second-order valence-corrected chi connectivity index (χ2v) is 7.52. The summed E-state index contributed by atoms with van der Waals surface area (Å²) in [7, 11) is 0. The monoisotopic (exact) mass is 381 g/mol. The zero-order valence-electron chi connectivity index (χ0n) is 16.0. The Morgan fingerprint density at radius 2 is 1.93 bits per heavy atom. The Balaban J connectivity index is 1.55. The molecule has 1 fully saturated rings. The molecule has 2 aromatic carbocycles. The highest BCUT2D eigenvalue weighted by atomic mass is 16.1. The van der Waals surface area contributed by atoms with E-state index in [1.54, 1.807) is 4.40 Å². The Kier molecular flexibility index (Phi) is 4.02. The fraction of sp³-hybridized carbons (Fsp3) is 0.217. The lowest BCUT2D eigenvalue weighted by Gasteiger charge is -2.12. The largest absolute Gasteiger partial charge is 0.349 e. The van der Waals surface area contributed by atoms with Crippen molar-refractivity contribution < 1.29 is 0 Å². The van der Waals surface area contributed by atoms with Crippen LogP contribution >= 0.6 is 0 Å². The van der Waals surface area contributed by atoms with Gasteiger partial charge in [-0.3, -0.25) is 0 Å². The first-order chi connectivity index (χ1) is 14.2. The van der Waals surface area contributed by atoms with E-state index in [9.17, 15) is 10.1 Å². The Hall–Kier alpha value is -3.72. The first-order valence-corrected chi connectivity index (χ1v) is 9.70. The maximum Gasteiger partial charge on any atom is 0.349 e. The normalized spacial score (nSPS) is 13.5. The molecule has 4 aromatic rings. The smallest absolute Gasteiger partial charge is 0.246 e. The van der Waals surface area contributed by atoms with Crippen molar-refractivity contribution in [2.45, 2.75) is 32.1 Å². The summed E-state index contributed by atoms with van der Waals surface area (Å²) >= 11 is 0. The number of rotatable bonds is 4. The minimum Gasteiger partial charge on any atom is -0.246 e. The van der Waals surface area contributed by atoms with Crippen molar-refractivity contribution in [3.8, 4) is 17.2 Å². The number of nitriles is 1. The van der Waals surface area contributed by atoms with Crippen molar-refractivity contribution in [1.82, 2.24) is 19.6 Å². The van der Waals surface area contributed by atoms with Crippen molar-refractivity contribution in [1.29, 1.82) is 5.26 Å². The van der Waals surface area contributed by atoms with Gasteiger partial charge in [-0.2, -0.15) is 10.4 Å². The van der Waals surface area contributed by atoms with Crippen molar-refractivity contribution in [2.75, 3.05) is 0 Å². The van der Waals surface area contributed by atoms with Gasteiger partial charge in [-0.1, -0.05) is 42.5 Å². The Bertz CT molecular complexity index is 1320. The molecule has 1 saturated carbocycles. The minimum absolute atomic E-state index is 0.253. The number of fused-ring (bicyclic) bond motifs is 1. The summed E-state index contributed by atoms with van der Waals surface area (Å²) in [6.45, 7) is 1.85. The molecule has 0 bridgehead atoms. The van der Waals surface area contributed by atoms with E-state index in [4.69, 9.17) is 4.98 Å². The highest BCUT2D eigenvalue weighted by Crippen LogP contribution is 2.41. The third kappa shape index (κ3) is 3.01. The zero-order chi connectivity index (χ0) is 20.0. The van der Waals surface area contributed by atoms with E-state index in [-0.39, 0.29) is 5.69 Å². The quantitative estimate of drug-likeness (QED) is 0.583. The lowest BCUT2D eigenvalue weighted by molar-refractivity contribution is 0.864. The van der Waals surface area contributed by atoms with Crippen LogP contribution in [-0.4, -0.2) is 19.6 Å². The van der Waals surface area contributed by atoms with Gasteiger partial charge in [0.25, 0.3) is 0 Å². The average molecular weight is 381 g/mol. The Morgan fingerprint density at radius 1 is 1.17 bits per heavy atom. The molecule has 2 heterocycles. The predicted molar refractivity (Wildman–Crippen MR) is 110 cm³/mol. The molecule has 0 unspecified atom stereocenters. The number of hydrogen-bond acceptors (Lipinski definition) is 4. The van der Waals surface area contributed by atoms with Gasteiger partial charge in [0.1, 0.15) is 5.82 Å². The molecule has 0 amide bonds. The van der Waals surface area contributed by atoms with Crippen LogP contribution < -0.4 is 5.69 Å². The van der Waals surface area contributed by atoms with E-state index >= 15 is 0 Å². The molecule has 0 spiro atoms. The summed E-state index contributed by atoms with van der Waals surface area (Å²) in [6, 6.07) is 18.1. The van der Waals surface area contributed by atoms with Crippen LogP contribution in [-0.2, 0) is 6.42 Å². The number of aryl methyl sites for hydroxylation is 1. The van der Waals surface area contributed by atoms with Crippen LogP contribution in [0.4, 0.5) is 0 Å². The number of nitrogens with zero attached hydrogens (tertiary/aromatic N) is 4. The zero-order valence-corrected chi connectivity index (χ0v) is 16.0. The van der Waals surface area contributed by atoms with Crippen LogP contribution in [0.1, 0.15) is 47.0 Å². The third-order valence-electron chi connectivity index (χ3n) is 5.51. The van der Waals surface area contributed by atoms with E-state index in [0.717, 1.165) is 40.8 Å². The van der Waals surface area contributed by atoms with Crippen LogP contribution in [0.2, 0.25) is 0 Å². The lowest BCUT2D eigenvalue weighted by atomic mass is 9.97. The van der Waals surface area contributed by atoms with Gasteiger partial charge in [-0.25, -0.2) is 19.3 Å². The van der Waals surface area contributed by atoms with Gasteiger partial charge < -0.3 is 0 Å². The van der Waals surface area contributed by atoms with Crippen molar-refractivity contribution in [3.05, 3.63) is 87.2 Å².